The summed E-state index contributed by atoms with van der Waals surface area (Å²) in [6, 6.07) is 2.21. The molecule has 3 atom stereocenters. The molecule has 0 aliphatic heterocycles. The van der Waals surface area contributed by atoms with Crippen LogP contribution in [0.1, 0.15) is 32.6 Å². The minimum Gasteiger partial charge on any atom is -0.146 e. The van der Waals surface area contributed by atoms with E-state index in [1.807, 2.05) is 0 Å². The van der Waals surface area contributed by atoms with Gasteiger partial charge in [-0.3, -0.25) is 0 Å². The molecule has 0 amide bonds. The number of rotatable bonds is 5. The van der Waals surface area contributed by atoms with Crippen molar-refractivity contribution >= 4 is 28.9 Å². The lowest BCUT2D eigenvalue weighted by atomic mass is 9.96. The van der Waals surface area contributed by atoms with Crippen molar-refractivity contribution < 1.29 is 0 Å². The Kier molecular flexibility index (Phi) is 3.85. The number of hydrogen-bond acceptors (Lipinski definition) is 0. The molecule has 3 heteroatoms. The van der Waals surface area contributed by atoms with E-state index >= 15 is 0 Å². The lowest BCUT2D eigenvalue weighted by Gasteiger charge is -2.24. The third kappa shape index (κ3) is 3.01. The number of halogens is 2. The van der Waals surface area contributed by atoms with Gasteiger partial charge in [0.15, 0.2) is 0 Å². The molecule has 86 valence electrons. The number of unbranched alkanes of at least 4 members (excludes halogenated alkanes) is 1. The zero-order chi connectivity index (χ0) is 10.9. The van der Waals surface area contributed by atoms with Gasteiger partial charge in [0, 0.05) is 0 Å². The summed E-state index contributed by atoms with van der Waals surface area (Å²) in [5, 5.41) is 0. The van der Waals surface area contributed by atoms with E-state index in [1.165, 1.54) is 25.7 Å². The van der Waals surface area contributed by atoms with Gasteiger partial charge in [-0.05, 0) is 42.7 Å². The van der Waals surface area contributed by atoms with Crippen LogP contribution in [0.25, 0.3) is 0 Å². The SMILES string of the molecule is CCCC[Si](Cl)(Cl)CC1CC2C=CC1C2. The average molecular weight is 263 g/mol. The van der Waals surface area contributed by atoms with E-state index in [0.717, 1.165) is 29.8 Å². The predicted molar refractivity (Wildman–Crippen MR) is 70.8 cm³/mol. The number of hydrogen-bond donors (Lipinski definition) is 0. The van der Waals surface area contributed by atoms with Gasteiger partial charge in [0.2, 0.25) is 0 Å². The molecule has 0 aromatic rings. The second-order valence-corrected chi connectivity index (χ2v) is 12.7. The van der Waals surface area contributed by atoms with Crippen LogP contribution < -0.4 is 0 Å². The zero-order valence-electron chi connectivity index (χ0n) is 9.39. The van der Waals surface area contributed by atoms with Crippen molar-refractivity contribution in [3.63, 3.8) is 0 Å². The fraction of sp³-hybridized carbons (Fsp3) is 0.833. The van der Waals surface area contributed by atoms with E-state index in [-0.39, 0.29) is 0 Å². The summed E-state index contributed by atoms with van der Waals surface area (Å²) in [6.07, 6.45) is 9.93. The molecule has 0 N–H and O–H groups in total. The van der Waals surface area contributed by atoms with Gasteiger partial charge in [0.25, 0.3) is 6.69 Å². The Morgan fingerprint density at radius 3 is 2.60 bits per heavy atom. The first-order chi connectivity index (χ1) is 7.11. The minimum atomic E-state index is -1.92. The van der Waals surface area contributed by atoms with Crippen LogP contribution in [0.5, 0.6) is 0 Å². The highest BCUT2D eigenvalue weighted by molar-refractivity contribution is 7.45. The van der Waals surface area contributed by atoms with Gasteiger partial charge in [-0.15, -0.1) is 22.2 Å². The van der Waals surface area contributed by atoms with Crippen LogP contribution in [-0.2, 0) is 0 Å². The standard InChI is InChI=1S/C12H20Cl2Si/c1-2-3-6-15(13,14)9-12-8-10-4-5-11(12)7-10/h4-5,10-12H,2-3,6-9H2,1H3. The Hall–Kier alpha value is 0.537. The molecule has 0 aromatic heterocycles. The molecular formula is C12H20Cl2Si. The third-order valence-corrected chi connectivity index (χ3v) is 8.14. The summed E-state index contributed by atoms with van der Waals surface area (Å²) in [7, 11) is 0. The molecule has 2 bridgehead atoms. The molecule has 3 unspecified atom stereocenters. The van der Waals surface area contributed by atoms with E-state index in [2.05, 4.69) is 19.1 Å². The third-order valence-electron chi connectivity index (χ3n) is 3.87. The van der Waals surface area contributed by atoms with Crippen LogP contribution in [0.4, 0.5) is 0 Å². The molecule has 0 radical (unpaired) electrons. The van der Waals surface area contributed by atoms with Gasteiger partial charge in [0.05, 0.1) is 0 Å². The second kappa shape index (κ2) is 4.81. The molecule has 0 spiro atoms. The number of allylic oxidation sites excluding steroid dienone is 2. The average Bonchev–Trinajstić information content (AvgIpc) is 2.75. The first-order valence-electron chi connectivity index (χ1n) is 6.17. The fourth-order valence-electron chi connectivity index (χ4n) is 3.05. The van der Waals surface area contributed by atoms with E-state index in [9.17, 15) is 0 Å². The van der Waals surface area contributed by atoms with Crippen LogP contribution in [0.2, 0.25) is 12.1 Å². The first kappa shape index (κ1) is 12.0. The molecule has 1 fully saturated rings. The smallest absolute Gasteiger partial charge is 0.146 e. The molecule has 2 aliphatic rings. The lowest BCUT2D eigenvalue weighted by molar-refractivity contribution is 0.489. The Morgan fingerprint density at radius 2 is 2.07 bits per heavy atom. The molecule has 0 aromatic carbocycles. The molecule has 0 saturated heterocycles. The largest absolute Gasteiger partial charge is 0.251 e. The van der Waals surface area contributed by atoms with Crippen LogP contribution in [-0.4, -0.2) is 6.69 Å². The molecule has 0 heterocycles. The van der Waals surface area contributed by atoms with Crippen LogP contribution in [0.15, 0.2) is 12.2 Å². The summed E-state index contributed by atoms with van der Waals surface area (Å²) in [5.41, 5.74) is 0. The molecule has 2 aliphatic carbocycles. The molecular weight excluding hydrogens is 243 g/mol. The zero-order valence-corrected chi connectivity index (χ0v) is 11.9. The van der Waals surface area contributed by atoms with E-state index in [4.69, 9.17) is 22.2 Å². The van der Waals surface area contributed by atoms with E-state index < -0.39 is 6.69 Å². The Bertz CT molecular complexity index is 250. The fourth-order valence-corrected chi connectivity index (χ4v) is 7.35. The second-order valence-electron chi connectivity index (χ2n) is 5.20. The Balaban J connectivity index is 1.83. The van der Waals surface area contributed by atoms with Crippen molar-refractivity contribution in [2.45, 2.75) is 44.7 Å². The first-order valence-corrected chi connectivity index (χ1v) is 10.6. The van der Waals surface area contributed by atoms with Crippen LogP contribution in [0.3, 0.4) is 0 Å². The minimum absolute atomic E-state index is 0.804. The summed E-state index contributed by atoms with van der Waals surface area (Å²) < 4.78 is 0. The van der Waals surface area contributed by atoms with Crippen molar-refractivity contribution in [2.75, 3.05) is 0 Å². The summed E-state index contributed by atoms with van der Waals surface area (Å²) in [4.78, 5) is 0. The maximum Gasteiger partial charge on any atom is 0.251 e. The summed E-state index contributed by atoms with van der Waals surface area (Å²) in [6.45, 7) is 0.291. The molecule has 2 rings (SSSR count). The van der Waals surface area contributed by atoms with E-state index in [1.54, 1.807) is 0 Å². The molecule has 15 heavy (non-hydrogen) atoms. The number of fused-ring (bicyclic) bond motifs is 2. The monoisotopic (exact) mass is 262 g/mol. The van der Waals surface area contributed by atoms with E-state index in [0.29, 0.717) is 0 Å². The predicted octanol–water partition coefficient (Wildman–Crippen LogP) is 4.92. The van der Waals surface area contributed by atoms with Gasteiger partial charge >= 0.3 is 0 Å². The normalized spacial score (nSPS) is 33.9. The van der Waals surface area contributed by atoms with Crippen molar-refractivity contribution in [3.05, 3.63) is 12.2 Å². The van der Waals surface area contributed by atoms with Crippen LogP contribution >= 0.6 is 22.2 Å². The molecule has 0 nitrogen and oxygen atoms in total. The van der Waals surface area contributed by atoms with Crippen molar-refractivity contribution in [2.24, 2.45) is 17.8 Å². The van der Waals surface area contributed by atoms with Gasteiger partial charge in [-0.1, -0.05) is 31.9 Å². The van der Waals surface area contributed by atoms with Gasteiger partial charge < -0.3 is 0 Å². The highest BCUT2D eigenvalue weighted by Gasteiger charge is 2.41. The Labute approximate surface area is 103 Å². The van der Waals surface area contributed by atoms with Crippen molar-refractivity contribution in [1.82, 2.24) is 0 Å². The highest BCUT2D eigenvalue weighted by atomic mass is 35.7. The summed E-state index contributed by atoms with van der Waals surface area (Å²) >= 11 is 13.0. The highest BCUT2D eigenvalue weighted by Crippen LogP contribution is 2.48. The van der Waals surface area contributed by atoms with Gasteiger partial charge in [0.1, 0.15) is 0 Å². The lowest BCUT2D eigenvalue weighted by Crippen LogP contribution is -2.24. The maximum atomic E-state index is 6.51. The maximum absolute atomic E-state index is 6.51. The van der Waals surface area contributed by atoms with Gasteiger partial charge in [-0.25, -0.2) is 0 Å². The van der Waals surface area contributed by atoms with Crippen LogP contribution in [0, 0.1) is 17.8 Å². The summed E-state index contributed by atoms with van der Waals surface area (Å²) in [5.74, 6) is 2.46. The van der Waals surface area contributed by atoms with Gasteiger partial charge in [-0.2, -0.15) is 0 Å². The Morgan fingerprint density at radius 1 is 1.27 bits per heavy atom. The topological polar surface area (TPSA) is 0 Å². The molecule has 1 saturated carbocycles. The quantitative estimate of drug-likeness (QED) is 0.375. The van der Waals surface area contributed by atoms with Crippen molar-refractivity contribution in [1.29, 1.82) is 0 Å². The van der Waals surface area contributed by atoms with Crippen molar-refractivity contribution in [3.8, 4) is 0 Å².